The maximum absolute atomic E-state index is 13.7. The average molecular weight is 296 g/mol. The summed E-state index contributed by atoms with van der Waals surface area (Å²) in [6.07, 6.45) is 4.21. The van der Waals surface area contributed by atoms with E-state index < -0.39 is 17.5 Å². The summed E-state index contributed by atoms with van der Waals surface area (Å²) in [5.41, 5.74) is -0.0921. The van der Waals surface area contributed by atoms with Crippen LogP contribution in [0, 0.1) is 17.6 Å². The van der Waals surface area contributed by atoms with Crippen molar-refractivity contribution in [3.63, 3.8) is 0 Å². The molecule has 1 aliphatic carbocycles. The SMILES string of the molecule is CN(C)CC1CCCCC1NC(=O)c1ccc(F)cc1F. The van der Waals surface area contributed by atoms with E-state index in [1.54, 1.807) is 0 Å². The molecule has 0 bridgehead atoms. The maximum Gasteiger partial charge on any atom is 0.254 e. The number of nitrogens with one attached hydrogen (secondary N) is 1. The second-order valence-corrected chi connectivity index (χ2v) is 6.01. The maximum atomic E-state index is 13.7. The number of amides is 1. The summed E-state index contributed by atoms with van der Waals surface area (Å²) < 4.78 is 26.6. The van der Waals surface area contributed by atoms with Crippen LogP contribution in [0.5, 0.6) is 0 Å². The molecule has 0 aromatic heterocycles. The fraction of sp³-hybridized carbons (Fsp3) is 0.562. The van der Waals surface area contributed by atoms with Crippen molar-refractivity contribution >= 4 is 5.91 Å². The minimum atomic E-state index is -0.813. The molecule has 21 heavy (non-hydrogen) atoms. The lowest BCUT2D eigenvalue weighted by atomic mass is 9.84. The van der Waals surface area contributed by atoms with E-state index in [4.69, 9.17) is 0 Å². The smallest absolute Gasteiger partial charge is 0.254 e. The van der Waals surface area contributed by atoms with E-state index in [-0.39, 0.29) is 11.6 Å². The van der Waals surface area contributed by atoms with Gasteiger partial charge in [-0.2, -0.15) is 0 Å². The van der Waals surface area contributed by atoms with Gasteiger partial charge in [-0.05, 0) is 45.0 Å². The number of carbonyl (C=O) groups excluding carboxylic acids is 1. The summed E-state index contributed by atoms with van der Waals surface area (Å²) in [6, 6.07) is 3.10. The normalized spacial score (nSPS) is 22.3. The monoisotopic (exact) mass is 296 g/mol. The Hall–Kier alpha value is -1.49. The molecular formula is C16H22F2N2O. The molecule has 116 valence electrons. The Morgan fingerprint density at radius 1 is 1.29 bits per heavy atom. The largest absolute Gasteiger partial charge is 0.349 e. The quantitative estimate of drug-likeness (QED) is 0.926. The van der Waals surface area contributed by atoms with Crippen molar-refractivity contribution in [1.82, 2.24) is 10.2 Å². The predicted molar refractivity (Wildman–Crippen MR) is 78.1 cm³/mol. The van der Waals surface area contributed by atoms with Gasteiger partial charge in [-0.3, -0.25) is 4.79 Å². The second-order valence-electron chi connectivity index (χ2n) is 6.01. The summed E-state index contributed by atoms with van der Waals surface area (Å²) in [5, 5.41) is 2.92. The molecule has 0 aliphatic heterocycles. The first-order valence-corrected chi connectivity index (χ1v) is 7.38. The summed E-state index contributed by atoms with van der Waals surface area (Å²) in [5.74, 6) is -1.57. The molecule has 1 aliphatic rings. The van der Waals surface area contributed by atoms with E-state index in [0.717, 1.165) is 44.4 Å². The molecule has 0 heterocycles. The Bertz CT molecular complexity index is 505. The van der Waals surface area contributed by atoms with Gasteiger partial charge in [0.2, 0.25) is 0 Å². The topological polar surface area (TPSA) is 32.3 Å². The van der Waals surface area contributed by atoms with E-state index >= 15 is 0 Å². The fourth-order valence-corrected chi connectivity index (χ4v) is 3.00. The van der Waals surface area contributed by atoms with E-state index in [9.17, 15) is 13.6 Å². The van der Waals surface area contributed by atoms with Crippen LogP contribution in [0.15, 0.2) is 18.2 Å². The number of carbonyl (C=O) groups is 1. The van der Waals surface area contributed by atoms with E-state index in [1.807, 2.05) is 14.1 Å². The lowest BCUT2D eigenvalue weighted by molar-refractivity contribution is 0.0891. The molecule has 2 atom stereocenters. The Morgan fingerprint density at radius 3 is 2.67 bits per heavy atom. The molecule has 0 saturated heterocycles. The Morgan fingerprint density at radius 2 is 2.00 bits per heavy atom. The molecule has 1 fully saturated rings. The molecule has 1 saturated carbocycles. The van der Waals surface area contributed by atoms with Crippen LogP contribution in [0.25, 0.3) is 0 Å². The average Bonchev–Trinajstić information content (AvgIpc) is 2.40. The van der Waals surface area contributed by atoms with Crippen molar-refractivity contribution < 1.29 is 13.6 Å². The molecule has 1 aromatic carbocycles. The van der Waals surface area contributed by atoms with Crippen LogP contribution in [-0.2, 0) is 0 Å². The van der Waals surface area contributed by atoms with Gasteiger partial charge in [-0.25, -0.2) is 8.78 Å². The molecule has 2 rings (SSSR count). The van der Waals surface area contributed by atoms with Crippen LogP contribution in [-0.4, -0.2) is 37.5 Å². The minimum absolute atomic E-state index is 0.0538. The van der Waals surface area contributed by atoms with Gasteiger partial charge in [0.1, 0.15) is 11.6 Å². The van der Waals surface area contributed by atoms with Crippen LogP contribution < -0.4 is 5.32 Å². The first kappa shape index (κ1) is 15.9. The zero-order valence-electron chi connectivity index (χ0n) is 12.5. The van der Waals surface area contributed by atoms with Crippen molar-refractivity contribution in [2.75, 3.05) is 20.6 Å². The van der Waals surface area contributed by atoms with Gasteiger partial charge in [-0.1, -0.05) is 12.8 Å². The summed E-state index contributed by atoms with van der Waals surface area (Å²) >= 11 is 0. The standard InChI is InChI=1S/C16H22F2N2O/c1-20(2)10-11-5-3-4-6-15(11)19-16(21)13-8-7-12(17)9-14(13)18/h7-9,11,15H,3-6,10H2,1-2H3,(H,19,21). The number of halogens is 2. The minimum Gasteiger partial charge on any atom is -0.349 e. The fourth-order valence-electron chi connectivity index (χ4n) is 3.00. The number of rotatable bonds is 4. The van der Waals surface area contributed by atoms with E-state index in [1.165, 1.54) is 6.07 Å². The molecule has 2 unspecified atom stereocenters. The number of benzene rings is 1. The number of hydrogen-bond acceptors (Lipinski definition) is 2. The van der Waals surface area contributed by atoms with Gasteiger partial charge in [0.15, 0.2) is 0 Å². The molecule has 5 heteroatoms. The number of hydrogen-bond donors (Lipinski definition) is 1. The highest BCUT2D eigenvalue weighted by atomic mass is 19.1. The Kier molecular flexibility index (Phi) is 5.28. The summed E-state index contributed by atoms with van der Waals surface area (Å²) in [4.78, 5) is 14.3. The van der Waals surface area contributed by atoms with E-state index in [2.05, 4.69) is 10.2 Å². The highest BCUT2D eigenvalue weighted by molar-refractivity contribution is 5.94. The van der Waals surface area contributed by atoms with Gasteiger partial charge in [0.05, 0.1) is 5.56 Å². The third-order valence-corrected chi connectivity index (χ3v) is 4.00. The van der Waals surface area contributed by atoms with Crippen molar-refractivity contribution in [1.29, 1.82) is 0 Å². The van der Waals surface area contributed by atoms with Gasteiger partial charge >= 0.3 is 0 Å². The molecule has 3 nitrogen and oxygen atoms in total. The van der Waals surface area contributed by atoms with Gasteiger partial charge in [0, 0.05) is 18.7 Å². The van der Waals surface area contributed by atoms with Crippen LogP contribution in [0.4, 0.5) is 8.78 Å². The van der Waals surface area contributed by atoms with Crippen LogP contribution >= 0.6 is 0 Å². The Labute approximate surface area is 124 Å². The highest BCUT2D eigenvalue weighted by Crippen LogP contribution is 2.25. The van der Waals surface area contributed by atoms with Gasteiger partial charge in [0.25, 0.3) is 5.91 Å². The van der Waals surface area contributed by atoms with Gasteiger partial charge in [-0.15, -0.1) is 0 Å². The molecule has 1 amide bonds. The molecule has 1 N–H and O–H groups in total. The second kappa shape index (κ2) is 6.98. The first-order chi connectivity index (χ1) is 9.97. The predicted octanol–water partition coefficient (Wildman–Crippen LogP) is 2.82. The highest BCUT2D eigenvalue weighted by Gasteiger charge is 2.27. The summed E-state index contributed by atoms with van der Waals surface area (Å²) in [6.45, 7) is 0.900. The van der Waals surface area contributed by atoms with Crippen molar-refractivity contribution in [2.45, 2.75) is 31.7 Å². The van der Waals surface area contributed by atoms with Crippen LogP contribution in [0.3, 0.4) is 0 Å². The third-order valence-electron chi connectivity index (χ3n) is 4.00. The molecule has 1 aromatic rings. The van der Waals surface area contributed by atoms with Crippen molar-refractivity contribution in [3.05, 3.63) is 35.4 Å². The zero-order valence-corrected chi connectivity index (χ0v) is 12.5. The molecular weight excluding hydrogens is 274 g/mol. The summed E-state index contributed by atoms with van der Waals surface area (Å²) in [7, 11) is 4.01. The lowest BCUT2D eigenvalue weighted by Crippen LogP contribution is -2.45. The van der Waals surface area contributed by atoms with Crippen molar-refractivity contribution in [3.8, 4) is 0 Å². The molecule has 0 radical (unpaired) electrons. The molecule has 0 spiro atoms. The van der Waals surface area contributed by atoms with Crippen LogP contribution in [0.1, 0.15) is 36.0 Å². The zero-order chi connectivity index (χ0) is 15.4. The van der Waals surface area contributed by atoms with Gasteiger partial charge < -0.3 is 10.2 Å². The number of nitrogens with zero attached hydrogens (tertiary/aromatic N) is 1. The first-order valence-electron chi connectivity index (χ1n) is 7.38. The van der Waals surface area contributed by atoms with Crippen molar-refractivity contribution in [2.24, 2.45) is 5.92 Å². The van der Waals surface area contributed by atoms with Crippen LogP contribution in [0.2, 0.25) is 0 Å². The Balaban J connectivity index is 2.06. The third kappa shape index (κ3) is 4.24. The lowest BCUT2D eigenvalue weighted by Gasteiger charge is -2.34. The van der Waals surface area contributed by atoms with E-state index in [0.29, 0.717) is 5.92 Å².